The molecule has 0 unspecified atom stereocenters. The Balaban J connectivity index is 1.03. The number of furan rings is 2. The van der Waals surface area contributed by atoms with E-state index in [1.807, 2.05) is 66.7 Å². The average Bonchev–Trinajstić information content (AvgIpc) is 4.02. The molecule has 14 aromatic rings. The zero-order valence-electron chi connectivity index (χ0n) is 33.6. The van der Waals surface area contributed by atoms with Gasteiger partial charge in [0.2, 0.25) is 0 Å². The molecule has 0 fully saturated rings. The van der Waals surface area contributed by atoms with Gasteiger partial charge in [0, 0.05) is 60.1 Å². The summed E-state index contributed by atoms with van der Waals surface area (Å²) in [6.45, 7) is 0. The number of para-hydroxylation sites is 1. The van der Waals surface area contributed by atoms with Crippen molar-refractivity contribution in [3.63, 3.8) is 0 Å². The quantitative estimate of drug-likeness (QED) is 0.177. The first-order valence-electron chi connectivity index (χ1n) is 21.2. The monoisotopic (exact) mass is 804 g/mol. The number of hydrogen-bond donors (Lipinski definition) is 0. The molecule has 0 aliphatic carbocycles. The minimum atomic E-state index is 0.560. The molecule has 292 valence electrons. The van der Waals surface area contributed by atoms with Crippen LogP contribution in [0.4, 0.5) is 0 Å². The molecular weight excluding hydrogens is 773 g/mol. The SMILES string of the molecule is c1ccc(-c2nc(-c3ccc4c(c3)oc3ccccc34)nc(-c3cccc4oc5ccc6ccc(-n7c8cc9ccccc9cc8c8ccc9ccccc9c87)cc6c5c34)n2)cc1. The molecule has 6 nitrogen and oxygen atoms in total. The van der Waals surface area contributed by atoms with E-state index in [4.69, 9.17) is 23.8 Å². The summed E-state index contributed by atoms with van der Waals surface area (Å²) in [7, 11) is 0. The maximum atomic E-state index is 6.72. The second-order valence-electron chi connectivity index (χ2n) is 16.3. The van der Waals surface area contributed by atoms with E-state index in [-0.39, 0.29) is 0 Å². The fourth-order valence-corrected chi connectivity index (χ4v) is 9.89. The number of rotatable bonds is 4. The summed E-state index contributed by atoms with van der Waals surface area (Å²) in [4.78, 5) is 15.5. The first kappa shape index (κ1) is 34.1. The molecule has 0 aliphatic rings. The molecule has 6 heteroatoms. The van der Waals surface area contributed by atoms with Crippen molar-refractivity contribution in [3.8, 4) is 39.9 Å². The Labute approximate surface area is 358 Å². The predicted octanol–water partition coefficient (Wildman–Crippen LogP) is 15.2. The molecule has 0 radical (unpaired) electrons. The number of aromatic nitrogens is 4. The first-order chi connectivity index (χ1) is 31.2. The van der Waals surface area contributed by atoms with E-state index in [1.54, 1.807) is 0 Å². The molecule has 0 spiro atoms. The molecule has 63 heavy (non-hydrogen) atoms. The van der Waals surface area contributed by atoms with E-state index >= 15 is 0 Å². The normalized spacial score (nSPS) is 12.1. The molecule has 0 N–H and O–H groups in total. The van der Waals surface area contributed by atoms with Gasteiger partial charge >= 0.3 is 0 Å². The van der Waals surface area contributed by atoms with Crippen LogP contribution in [0.25, 0.3) is 138 Å². The van der Waals surface area contributed by atoms with Gasteiger partial charge in [-0.25, -0.2) is 15.0 Å². The van der Waals surface area contributed by atoms with Gasteiger partial charge in [0.15, 0.2) is 17.5 Å². The summed E-state index contributed by atoms with van der Waals surface area (Å²) < 4.78 is 15.5. The lowest BCUT2D eigenvalue weighted by Crippen LogP contribution is -2.00. The van der Waals surface area contributed by atoms with Crippen LogP contribution < -0.4 is 0 Å². The fourth-order valence-electron chi connectivity index (χ4n) is 9.89. The van der Waals surface area contributed by atoms with Crippen LogP contribution in [-0.2, 0) is 0 Å². The van der Waals surface area contributed by atoms with Crippen LogP contribution in [0, 0.1) is 0 Å². The van der Waals surface area contributed by atoms with Crippen LogP contribution in [0.2, 0.25) is 0 Å². The highest BCUT2D eigenvalue weighted by molar-refractivity contribution is 6.24. The largest absolute Gasteiger partial charge is 0.456 e. The van der Waals surface area contributed by atoms with Crippen LogP contribution in [0.3, 0.4) is 0 Å². The van der Waals surface area contributed by atoms with E-state index < -0.39 is 0 Å². The Morgan fingerprint density at radius 3 is 1.86 bits per heavy atom. The van der Waals surface area contributed by atoms with Gasteiger partial charge < -0.3 is 13.4 Å². The van der Waals surface area contributed by atoms with Gasteiger partial charge in [-0.15, -0.1) is 0 Å². The van der Waals surface area contributed by atoms with E-state index in [0.717, 1.165) is 82.5 Å². The fraction of sp³-hybridized carbons (Fsp3) is 0. The molecule has 0 amide bonds. The summed E-state index contributed by atoms with van der Waals surface area (Å²) in [6, 6.07) is 68.1. The summed E-state index contributed by atoms with van der Waals surface area (Å²) in [5, 5.41) is 13.6. The molecule has 4 heterocycles. The van der Waals surface area contributed by atoms with Gasteiger partial charge in [-0.1, -0.05) is 140 Å². The zero-order valence-corrected chi connectivity index (χ0v) is 33.6. The lowest BCUT2D eigenvalue weighted by molar-refractivity contribution is 0.669. The highest BCUT2D eigenvalue weighted by atomic mass is 16.3. The Kier molecular flexibility index (Phi) is 7.02. The van der Waals surface area contributed by atoms with Crippen LogP contribution >= 0.6 is 0 Å². The maximum absolute atomic E-state index is 6.72. The smallest absolute Gasteiger partial charge is 0.164 e. The van der Waals surface area contributed by atoms with Crippen molar-refractivity contribution in [2.24, 2.45) is 0 Å². The van der Waals surface area contributed by atoms with Crippen LogP contribution in [0.1, 0.15) is 0 Å². The number of benzene rings is 10. The summed E-state index contributed by atoms with van der Waals surface area (Å²) in [5.74, 6) is 1.71. The molecule has 4 aromatic heterocycles. The van der Waals surface area contributed by atoms with Gasteiger partial charge in [-0.2, -0.15) is 0 Å². The zero-order chi connectivity index (χ0) is 41.2. The van der Waals surface area contributed by atoms with Gasteiger partial charge in [-0.05, 0) is 81.5 Å². The summed E-state index contributed by atoms with van der Waals surface area (Å²) in [6.07, 6.45) is 0. The third kappa shape index (κ3) is 5.09. The van der Waals surface area contributed by atoms with Gasteiger partial charge in [-0.3, -0.25) is 0 Å². The van der Waals surface area contributed by atoms with Crippen molar-refractivity contribution in [2.75, 3.05) is 0 Å². The van der Waals surface area contributed by atoms with Crippen LogP contribution in [0.5, 0.6) is 0 Å². The standard InChI is InChI=1S/C57H32N4O2/c1-2-12-35(13-3-1)55-58-56(38-23-26-42-41-17-8-9-19-48(41)62-51(42)31-38)60-57(59-55)44-18-10-20-49-52(44)53-45-32-39(25-21-34(45)24-28-50(53)63-49)61-47-30-37-15-5-4-14-36(37)29-46(47)43-27-22-33-11-6-7-16-40(33)54(43)61/h1-32H. The Morgan fingerprint density at radius 2 is 0.968 bits per heavy atom. The van der Waals surface area contributed by atoms with Crippen molar-refractivity contribution >= 4 is 98.0 Å². The van der Waals surface area contributed by atoms with E-state index in [1.165, 1.54) is 37.8 Å². The third-order valence-corrected chi connectivity index (χ3v) is 12.8. The van der Waals surface area contributed by atoms with Crippen LogP contribution in [-0.4, -0.2) is 19.5 Å². The Morgan fingerprint density at radius 1 is 0.333 bits per heavy atom. The van der Waals surface area contributed by atoms with Crippen molar-refractivity contribution in [2.45, 2.75) is 0 Å². The predicted molar refractivity (Wildman–Crippen MR) is 258 cm³/mol. The Hall–Kier alpha value is -8.61. The van der Waals surface area contributed by atoms with Crippen molar-refractivity contribution in [1.29, 1.82) is 0 Å². The number of hydrogen-bond acceptors (Lipinski definition) is 5. The number of nitrogens with zero attached hydrogens (tertiary/aromatic N) is 4. The minimum absolute atomic E-state index is 0.560. The maximum Gasteiger partial charge on any atom is 0.164 e. The van der Waals surface area contributed by atoms with Gasteiger partial charge in [0.05, 0.1) is 11.0 Å². The highest BCUT2D eigenvalue weighted by Gasteiger charge is 2.22. The minimum Gasteiger partial charge on any atom is -0.456 e. The second-order valence-corrected chi connectivity index (χ2v) is 16.3. The first-order valence-corrected chi connectivity index (χ1v) is 21.2. The van der Waals surface area contributed by atoms with E-state index in [9.17, 15) is 0 Å². The molecule has 0 bridgehead atoms. The summed E-state index contributed by atoms with van der Waals surface area (Å²) >= 11 is 0. The van der Waals surface area contributed by atoms with Crippen molar-refractivity contribution in [1.82, 2.24) is 19.5 Å². The van der Waals surface area contributed by atoms with Gasteiger partial charge in [0.25, 0.3) is 0 Å². The van der Waals surface area contributed by atoms with E-state index in [0.29, 0.717) is 17.5 Å². The molecule has 10 aromatic carbocycles. The van der Waals surface area contributed by atoms with E-state index in [2.05, 4.69) is 132 Å². The lowest BCUT2D eigenvalue weighted by Gasteiger charge is -2.12. The topological polar surface area (TPSA) is 69.9 Å². The van der Waals surface area contributed by atoms with Crippen LogP contribution in [0.15, 0.2) is 203 Å². The molecule has 14 rings (SSSR count). The Bertz CT molecular complexity index is 4220. The van der Waals surface area contributed by atoms with Crippen molar-refractivity contribution < 1.29 is 8.83 Å². The molecular formula is C57H32N4O2. The lowest BCUT2D eigenvalue weighted by atomic mass is 9.99. The van der Waals surface area contributed by atoms with Crippen molar-refractivity contribution in [3.05, 3.63) is 194 Å². The average molecular weight is 805 g/mol. The second kappa shape index (κ2) is 12.9. The number of fused-ring (bicyclic) bond motifs is 14. The molecule has 0 saturated carbocycles. The molecule has 0 atom stereocenters. The molecule has 0 aliphatic heterocycles. The molecule has 0 saturated heterocycles. The highest BCUT2D eigenvalue weighted by Crippen LogP contribution is 2.43. The van der Waals surface area contributed by atoms with Gasteiger partial charge in [0.1, 0.15) is 22.3 Å². The third-order valence-electron chi connectivity index (χ3n) is 12.8. The summed E-state index contributed by atoms with van der Waals surface area (Å²) in [5.41, 5.74) is 9.23.